The molecule has 0 aliphatic carbocycles. The monoisotopic (exact) mass is 321 g/mol. The zero-order valence-electron chi connectivity index (χ0n) is 9.85. The maximum atomic E-state index is 12.9. The Morgan fingerprint density at radius 2 is 2.12 bits per heavy atom. The van der Waals surface area contributed by atoms with E-state index in [0.29, 0.717) is 0 Å². The lowest BCUT2D eigenvalue weighted by Crippen LogP contribution is -2.48. The third-order valence-corrected chi connectivity index (χ3v) is 4.06. The van der Waals surface area contributed by atoms with Gasteiger partial charge in [0.25, 0.3) is 5.91 Å². The molecule has 5 heteroatoms. The van der Waals surface area contributed by atoms with Crippen LogP contribution in [0.1, 0.15) is 31.1 Å². The highest BCUT2D eigenvalue weighted by atomic mass is 79.9. The lowest BCUT2D eigenvalue weighted by atomic mass is 10.0. The first-order chi connectivity index (χ1) is 7.74. The van der Waals surface area contributed by atoms with Crippen LogP contribution >= 0.6 is 27.5 Å². The van der Waals surface area contributed by atoms with Crippen LogP contribution in [0.4, 0.5) is 4.39 Å². The van der Waals surface area contributed by atoms with Crippen molar-refractivity contribution >= 4 is 33.4 Å². The minimum absolute atomic E-state index is 0.0955. The molecule has 1 aromatic rings. The van der Waals surface area contributed by atoms with Crippen LogP contribution in [0.3, 0.4) is 0 Å². The molecule has 1 rings (SSSR count). The maximum absolute atomic E-state index is 12.9. The van der Waals surface area contributed by atoms with Gasteiger partial charge in [-0.2, -0.15) is 0 Å². The normalized spacial score (nSPS) is 13.3. The summed E-state index contributed by atoms with van der Waals surface area (Å²) in [5.41, 5.74) is -0.149. The second-order valence-electron chi connectivity index (χ2n) is 4.42. The van der Waals surface area contributed by atoms with Crippen molar-refractivity contribution in [3.63, 3.8) is 0 Å². The number of carbonyl (C=O) groups excluding carboxylic acids is 1. The molecule has 0 heterocycles. The molecule has 1 amide bonds. The predicted octanol–water partition coefficient (Wildman–Crippen LogP) is 3.77. The average molecular weight is 323 g/mol. The fraction of sp³-hybridized carbons (Fsp3) is 0.417. The zero-order chi connectivity index (χ0) is 13.2. The zero-order valence-corrected chi connectivity index (χ0v) is 12.2. The Hall–Kier alpha value is -0.610. The van der Waals surface area contributed by atoms with E-state index in [-0.39, 0.29) is 21.3 Å². The number of hydrogen-bond donors (Lipinski definition) is 1. The van der Waals surface area contributed by atoms with Crippen LogP contribution in [-0.4, -0.2) is 16.3 Å². The van der Waals surface area contributed by atoms with E-state index in [0.717, 1.165) is 6.07 Å². The molecule has 1 aromatic carbocycles. The maximum Gasteiger partial charge on any atom is 0.253 e. The van der Waals surface area contributed by atoms with E-state index in [1.54, 1.807) is 0 Å². The van der Waals surface area contributed by atoms with Crippen molar-refractivity contribution in [2.24, 2.45) is 0 Å². The van der Waals surface area contributed by atoms with Crippen molar-refractivity contribution in [2.75, 3.05) is 0 Å². The standard InChI is InChI=1S/C12H14BrClFNO/c1-7(13)12(2,3)16-11(17)9-5-4-8(15)6-10(9)14/h4-7H,1-3H3,(H,16,17). The van der Waals surface area contributed by atoms with Gasteiger partial charge in [0.1, 0.15) is 5.82 Å². The fourth-order valence-electron chi connectivity index (χ4n) is 1.13. The van der Waals surface area contributed by atoms with Crippen LogP contribution in [0.25, 0.3) is 0 Å². The van der Waals surface area contributed by atoms with E-state index in [1.807, 2.05) is 20.8 Å². The van der Waals surface area contributed by atoms with Gasteiger partial charge in [-0.05, 0) is 32.0 Å². The minimum Gasteiger partial charge on any atom is -0.346 e. The number of amides is 1. The van der Waals surface area contributed by atoms with Gasteiger partial charge in [-0.1, -0.05) is 34.5 Å². The van der Waals surface area contributed by atoms with Gasteiger partial charge >= 0.3 is 0 Å². The second-order valence-corrected chi connectivity index (χ2v) is 6.20. The number of hydrogen-bond acceptors (Lipinski definition) is 1. The number of halogens is 3. The van der Waals surface area contributed by atoms with Crippen LogP contribution in [0.2, 0.25) is 5.02 Å². The molecule has 0 aliphatic rings. The second kappa shape index (κ2) is 5.36. The van der Waals surface area contributed by atoms with E-state index in [1.165, 1.54) is 12.1 Å². The van der Waals surface area contributed by atoms with Gasteiger partial charge in [-0.3, -0.25) is 4.79 Å². The molecule has 0 radical (unpaired) electrons. The molecule has 0 aromatic heterocycles. The van der Waals surface area contributed by atoms with E-state index in [9.17, 15) is 9.18 Å². The summed E-state index contributed by atoms with van der Waals surface area (Å²) in [6.07, 6.45) is 0. The molecule has 1 atom stereocenters. The first kappa shape index (κ1) is 14.5. The number of alkyl halides is 1. The molecule has 0 spiro atoms. The first-order valence-corrected chi connectivity index (χ1v) is 6.45. The summed E-state index contributed by atoms with van der Waals surface area (Å²) in [6.45, 7) is 5.72. The summed E-state index contributed by atoms with van der Waals surface area (Å²) >= 11 is 9.24. The number of carbonyl (C=O) groups is 1. The van der Waals surface area contributed by atoms with Gasteiger partial charge in [0.15, 0.2) is 0 Å². The summed E-state index contributed by atoms with van der Waals surface area (Å²) < 4.78 is 12.9. The Morgan fingerprint density at radius 3 is 2.59 bits per heavy atom. The van der Waals surface area contributed by atoms with Crippen molar-refractivity contribution in [1.29, 1.82) is 0 Å². The molecule has 0 aliphatic heterocycles. The SMILES string of the molecule is CC(Br)C(C)(C)NC(=O)c1ccc(F)cc1Cl. The highest BCUT2D eigenvalue weighted by Crippen LogP contribution is 2.21. The van der Waals surface area contributed by atoms with Crippen molar-refractivity contribution in [3.05, 3.63) is 34.6 Å². The van der Waals surface area contributed by atoms with Gasteiger partial charge in [-0.15, -0.1) is 0 Å². The molecule has 0 fully saturated rings. The van der Waals surface area contributed by atoms with Gasteiger partial charge in [0.05, 0.1) is 10.6 Å². The Balaban J connectivity index is 2.91. The highest BCUT2D eigenvalue weighted by Gasteiger charge is 2.26. The average Bonchev–Trinajstić information content (AvgIpc) is 2.15. The lowest BCUT2D eigenvalue weighted by Gasteiger charge is -2.29. The third-order valence-electron chi connectivity index (χ3n) is 2.61. The van der Waals surface area contributed by atoms with E-state index >= 15 is 0 Å². The topological polar surface area (TPSA) is 29.1 Å². The summed E-state index contributed by atoms with van der Waals surface area (Å²) in [6, 6.07) is 3.72. The quantitative estimate of drug-likeness (QED) is 0.843. The first-order valence-electron chi connectivity index (χ1n) is 5.15. The molecule has 1 N–H and O–H groups in total. The smallest absolute Gasteiger partial charge is 0.253 e. The molecular weight excluding hydrogens is 308 g/mol. The van der Waals surface area contributed by atoms with Crippen LogP contribution in [0.5, 0.6) is 0 Å². The summed E-state index contributed by atoms with van der Waals surface area (Å²) in [5, 5.41) is 2.95. The van der Waals surface area contributed by atoms with Crippen molar-refractivity contribution in [3.8, 4) is 0 Å². The Labute approximate surface area is 114 Å². The predicted molar refractivity (Wildman–Crippen MR) is 71.3 cm³/mol. The number of nitrogens with one attached hydrogen (secondary N) is 1. The summed E-state index contributed by atoms with van der Waals surface area (Å²) in [4.78, 5) is 12.1. The van der Waals surface area contributed by atoms with Crippen LogP contribution in [0.15, 0.2) is 18.2 Å². The van der Waals surface area contributed by atoms with Gasteiger partial charge in [-0.25, -0.2) is 4.39 Å². The third kappa shape index (κ3) is 3.68. The van der Waals surface area contributed by atoms with E-state index in [2.05, 4.69) is 21.2 Å². The van der Waals surface area contributed by atoms with Gasteiger partial charge in [0, 0.05) is 10.4 Å². The Morgan fingerprint density at radius 1 is 1.53 bits per heavy atom. The van der Waals surface area contributed by atoms with Crippen LogP contribution < -0.4 is 5.32 Å². The molecule has 0 bridgehead atoms. The molecule has 94 valence electrons. The summed E-state index contributed by atoms with van der Waals surface area (Å²) in [5.74, 6) is -0.772. The molecule has 0 saturated heterocycles. The fourth-order valence-corrected chi connectivity index (χ4v) is 1.50. The number of rotatable bonds is 3. The van der Waals surface area contributed by atoms with Crippen molar-refractivity contribution < 1.29 is 9.18 Å². The Bertz CT molecular complexity index is 435. The minimum atomic E-state index is -0.459. The highest BCUT2D eigenvalue weighted by molar-refractivity contribution is 9.09. The van der Waals surface area contributed by atoms with Crippen molar-refractivity contribution in [1.82, 2.24) is 5.32 Å². The Kier molecular flexibility index (Phi) is 4.55. The van der Waals surface area contributed by atoms with Crippen LogP contribution in [0, 0.1) is 5.82 Å². The van der Waals surface area contributed by atoms with Gasteiger partial charge in [0.2, 0.25) is 0 Å². The van der Waals surface area contributed by atoms with Crippen molar-refractivity contribution in [2.45, 2.75) is 31.1 Å². The number of benzene rings is 1. The summed E-state index contributed by atoms with van der Waals surface area (Å²) in [7, 11) is 0. The molecule has 2 nitrogen and oxygen atoms in total. The van der Waals surface area contributed by atoms with Gasteiger partial charge < -0.3 is 5.32 Å². The lowest BCUT2D eigenvalue weighted by molar-refractivity contribution is 0.0914. The molecule has 1 unspecified atom stereocenters. The van der Waals surface area contributed by atoms with E-state index in [4.69, 9.17) is 11.6 Å². The van der Waals surface area contributed by atoms with Crippen LogP contribution in [-0.2, 0) is 0 Å². The molecule has 17 heavy (non-hydrogen) atoms. The van der Waals surface area contributed by atoms with E-state index < -0.39 is 11.4 Å². The largest absolute Gasteiger partial charge is 0.346 e. The molecule has 0 saturated carbocycles. The molecular formula is C12H14BrClFNO.